The van der Waals surface area contributed by atoms with E-state index in [-0.39, 0.29) is 48.4 Å². The maximum Gasteiger partial charge on any atom is 2.00 e. The molecule has 0 bridgehead atoms. The molecule has 2 aliphatic heterocycles. The maximum atomic E-state index is 11.5. The Kier molecular flexibility index (Phi) is 11.9. The first-order valence-corrected chi connectivity index (χ1v) is 16.7. The number of ether oxygens (including phenoxy) is 5. The van der Waals surface area contributed by atoms with Gasteiger partial charge >= 0.3 is 36.7 Å². The third kappa shape index (κ3) is 9.53. The Morgan fingerprint density at radius 2 is 1.65 bits per heavy atom. The fourth-order valence-electron chi connectivity index (χ4n) is 5.94. The van der Waals surface area contributed by atoms with E-state index in [1.54, 1.807) is 12.1 Å². The van der Waals surface area contributed by atoms with E-state index in [0.29, 0.717) is 36.9 Å². The molecule has 49 heavy (non-hydrogen) atoms. The van der Waals surface area contributed by atoms with E-state index < -0.39 is 5.60 Å². The summed E-state index contributed by atoms with van der Waals surface area (Å²) in [5.74, 6) is 1.42. The van der Waals surface area contributed by atoms with Crippen LogP contribution in [0, 0.1) is 43.5 Å². The van der Waals surface area contributed by atoms with E-state index >= 15 is 0 Å². The molecule has 0 aliphatic carbocycles. The van der Waals surface area contributed by atoms with E-state index in [1.165, 1.54) is 17.2 Å². The molecular formula is C40H45NO7U. The number of benzene rings is 2. The monoisotopic (exact) mass is 889 g/mol. The molecule has 0 spiro atoms. The number of nitrogens with one attached hydrogen (secondary N) is 1. The predicted octanol–water partition coefficient (Wildman–Crippen LogP) is 8.86. The minimum Gasteiger partial charge on any atom is -0.532 e. The van der Waals surface area contributed by atoms with Crippen LogP contribution in [0.1, 0.15) is 72.8 Å². The molecule has 1 unspecified atom stereocenters. The summed E-state index contributed by atoms with van der Waals surface area (Å²) in [5.41, 5.74) is 3.95. The first-order chi connectivity index (χ1) is 23.0. The van der Waals surface area contributed by atoms with E-state index in [4.69, 9.17) is 28.1 Å². The Hall–Kier alpha value is -3.19. The SMILES string of the molecule is C/C(=C\COc1c(C=C[C-]2O[C@H](CC/C(C)=C/COc3ccc4ccc(=O)oc4c3)C(C)(C)O2)[c-]cc2[nH]ccc12)CCC1OC1(C)C.[U+2]. The number of fused-ring (bicyclic) bond motifs is 2. The summed E-state index contributed by atoms with van der Waals surface area (Å²) in [7, 11) is 0. The number of hydrogen-bond acceptors (Lipinski definition) is 7. The predicted molar refractivity (Wildman–Crippen MR) is 188 cm³/mol. The van der Waals surface area contributed by atoms with Gasteiger partial charge in [-0.25, -0.2) is 4.79 Å². The molecule has 2 saturated heterocycles. The molecule has 0 radical (unpaired) electrons. The molecule has 2 atom stereocenters. The largest absolute Gasteiger partial charge is 2.00 e. The van der Waals surface area contributed by atoms with Crippen LogP contribution in [0.3, 0.4) is 0 Å². The van der Waals surface area contributed by atoms with Crippen LogP contribution in [0.25, 0.3) is 27.9 Å². The van der Waals surface area contributed by atoms with Crippen molar-refractivity contribution in [2.75, 3.05) is 13.2 Å². The van der Waals surface area contributed by atoms with Gasteiger partial charge in [0.15, 0.2) is 0 Å². The minimum atomic E-state index is -0.484. The van der Waals surface area contributed by atoms with Crippen molar-refractivity contribution in [3.05, 3.63) is 106 Å². The van der Waals surface area contributed by atoms with Crippen molar-refractivity contribution in [3.63, 3.8) is 0 Å². The molecule has 4 heterocycles. The Morgan fingerprint density at radius 1 is 0.959 bits per heavy atom. The van der Waals surface area contributed by atoms with E-state index in [2.05, 4.69) is 64.7 Å². The summed E-state index contributed by atoms with van der Waals surface area (Å²) < 4.78 is 35.7. The van der Waals surface area contributed by atoms with Crippen molar-refractivity contribution < 1.29 is 59.2 Å². The number of H-pyrrole nitrogens is 1. The summed E-state index contributed by atoms with van der Waals surface area (Å²) in [6.45, 7) is 13.5. The number of allylic oxidation sites excluding steroid dienone is 2. The van der Waals surface area contributed by atoms with Crippen LogP contribution in [0.2, 0.25) is 0 Å². The zero-order chi connectivity index (χ0) is 33.9. The number of epoxide rings is 1. The van der Waals surface area contributed by atoms with Gasteiger partial charge in [0.2, 0.25) is 0 Å². The van der Waals surface area contributed by atoms with Gasteiger partial charge in [0.1, 0.15) is 17.9 Å². The standard InChI is InChI=1S/C40H45NO7.U/c1-26(20-23-43-30-13-9-28-11-17-36(42)45-33(28)25-30)7-15-34-39(3,4)48-37(46-34)18-12-29-10-14-32-31(19-22-41-32)38(29)44-24-21-27(2)8-16-35-40(5,6)47-35;/h9,11-14,17-22,25,34-35,41H,7-8,15-16,23-24H2,1-6H3;/q-2;+2/b18-12?,26-20+,27-21+;/t34-,35?;/m1./s1. The van der Waals surface area contributed by atoms with Gasteiger partial charge in [-0.2, -0.15) is 0 Å². The van der Waals surface area contributed by atoms with E-state index in [9.17, 15) is 4.79 Å². The summed E-state index contributed by atoms with van der Waals surface area (Å²) in [6.07, 6.45) is 14.3. The van der Waals surface area contributed by atoms with Gasteiger partial charge in [-0.3, -0.25) is 0 Å². The summed E-state index contributed by atoms with van der Waals surface area (Å²) in [5, 5.41) is 1.86. The van der Waals surface area contributed by atoms with Crippen LogP contribution in [0.4, 0.5) is 0 Å². The van der Waals surface area contributed by atoms with Gasteiger partial charge in [-0.15, -0.1) is 29.8 Å². The second kappa shape index (κ2) is 15.8. The van der Waals surface area contributed by atoms with Gasteiger partial charge in [0.05, 0.1) is 30.0 Å². The van der Waals surface area contributed by atoms with Gasteiger partial charge in [0, 0.05) is 29.6 Å². The van der Waals surface area contributed by atoms with Crippen LogP contribution >= 0.6 is 0 Å². The Labute approximate surface area is 312 Å². The number of hydrogen-bond donors (Lipinski definition) is 1. The molecule has 4 aromatic rings. The number of aromatic nitrogens is 1. The smallest absolute Gasteiger partial charge is 0.532 e. The molecule has 1 N–H and O–H groups in total. The van der Waals surface area contributed by atoms with Crippen molar-refractivity contribution in [2.45, 2.75) is 90.6 Å². The average molecular weight is 890 g/mol. The summed E-state index contributed by atoms with van der Waals surface area (Å²) in [4.78, 5) is 14.8. The van der Waals surface area contributed by atoms with Gasteiger partial charge in [-0.05, 0) is 115 Å². The zero-order valence-electron chi connectivity index (χ0n) is 29.2. The Bertz CT molecular complexity index is 1900. The molecule has 2 aromatic heterocycles. The first kappa shape index (κ1) is 37.1. The van der Waals surface area contributed by atoms with Crippen LogP contribution in [0.15, 0.2) is 87.2 Å². The minimum absolute atomic E-state index is 0. The van der Waals surface area contributed by atoms with Gasteiger partial charge in [0.25, 0.3) is 0 Å². The molecule has 6 rings (SSSR count). The molecule has 2 aromatic carbocycles. The summed E-state index contributed by atoms with van der Waals surface area (Å²) in [6, 6.07) is 16.0. The first-order valence-electron chi connectivity index (χ1n) is 16.7. The second-order valence-corrected chi connectivity index (χ2v) is 13.8. The Morgan fingerprint density at radius 3 is 2.39 bits per heavy atom. The zero-order valence-corrected chi connectivity index (χ0v) is 33.3. The van der Waals surface area contributed by atoms with Crippen LogP contribution in [-0.2, 0) is 14.2 Å². The van der Waals surface area contributed by atoms with Crippen LogP contribution in [0.5, 0.6) is 11.5 Å². The maximum absolute atomic E-state index is 11.5. The fraction of sp³-hybridized carbons (Fsp3) is 0.400. The molecular weight excluding hydrogens is 844 g/mol. The van der Waals surface area contributed by atoms with E-state index in [1.807, 2.05) is 42.6 Å². The van der Waals surface area contributed by atoms with Crippen LogP contribution < -0.4 is 15.1 Å². The molecule has 9 heteroatoms. The quantitative estimate of drug-likeness (QED) is 0.0586. The molecule has 0 amide bonds. The van der Waals surface area contributed by atoms with Gasteiger partial charge in [-0.1, -0.05) is 17.2 Å². The molecule has 256 valence electrons. The molecule has 0 saturated carbocycles. The fourth-order valence-corrected chi connectivity index (χ4v) is 5.94. The molecule has 2 fully saturated rings. The third-order valence-corrected chi connectivity index (χ3v) is 9.13. The van der Waals surface area contributed by atoms with Crippen molar-refractivity contribution in [1.82, 2.24) is 4.98 Å². The van der Waals surface area contributed by atoms with Crippen molar-refractivity contribution in [3.8, 4) is 11.5 Å². The van der Waals surface area contributed by atoms with Crippen molar-refractivity contribution in [1.29, 1.82) is 0 Å². The van der Waals surface area contributed by atoms with Crippen molar-refractivity contribution >= 4 is 27.9 Å². The average Bonchev–Trinajstić information content (AvgIpc) is 3.32. The third-order valence-electron chi connectivity index (χ3n) is 9.13. The number of rotatable bonds is 14. The second-order valence-electron chi connectivity index (χ2n) is 13.8. The normalized spacial score (nSPS) is 20.2. The van der Waals surface area contributed by atoms with Gasteiger partial charge < -0.3 is 33.1 Å². The Balaban J connectivity index is 0.00000468. The summed E-state index contributed by atoms with van der Waals surface area (Å²) >= 11 is 0. The van der Waals surface area contributed by atoms with Crippen molar-refractivity contribution in [2.24, 2.45) is 0 Å². The molecule has 2 aliphatic rings. The topological polar surface area (TPSA) is 95.5 Å². The molecule has 8 nitrogen and oxygen atoms in total. The number of aromatic amines is 1. The van der Waals surface area contributed by atoms with Crippen LogP contribution in [-0.4, -0.2) is 41.6 Å². The van der Waals surface area contributed by atoms with E-state index in [0.717, 1.165) is 53.3 Å².